The van der Waals surface area contributed by atoms with E-state index in [1.165, 1.54) is 30.9 Å². The van der Waals surface area contributed by atoms with Gasteiger partial charge in [0.15, 0.2) is 17.0 Å². The molecule has 2 aliphatic rings. The van der Waals surface area contributed by atoms with Crippen molar-refractivity contribution in [2.75, 3.05) is 42.5 Å². The van der Waals surface area contributed by atoms with E-state index in [0.29, 0.717) is 71.2 Å². The molecule has 0 unspecified atom stereocenters. The molecule has 3 amide bonds. The zero-order valence-electron chi connectivity index (χ0n) is 54.1. The molecule has 21 nitrogen and oxygen atoms in total. The second-order valence-corrected chi connectivity index (χ2v) is 23.0. The van der Waals surface area contributed by atoms with Gasteiger partial charge >= 0.3 is 0 Å². The third kappa shape index (κ3) is 17.1. The molecule has 0 bridgehead atoms. The Balaban J connectivity index is 0.000000141. The molecule has 5 aromatic heterocycles. The molecule has 14 rings (SSSR count). The number of carbonyl (C=O) groups excluding carboxylic acids is 3. The van der Waals surface area contributed by atoms with Crippen molar-refractivity contribution in [2.45, 2.75) is 44.3 Å². The van der Waals surface area contributed by atoms with Crippen LogP contribution in [-0.4, -0.2) is 94.4 Å². The van der Waals surface area contributed by atoms with Gasteiger partial charge in [-0.15, -0.1) is 0 Å². The smallest absolute Gasteiger partial charge is 0.246 e. The minimum absolute atomic E-state index is 0.0483. The van der Waals surface area contributed by atoms with Crippen LogP contribution in [0.5, 0.6) is 46.0 Å². The summed E-state index contributed by atoms with van der Waals surface area (Å²) >= 11 is 0. The molecule has 496 valence electrons. The van der Waals surface area contributed by atoms with Crippen LogP contribution >= 0.6 is 0 Å². The molecule has 0 spiro atoms. The molecular formula is C78H71N13O8. The molecule has 7 heterocycles. The number of furan rings is 1. The van der Waals surface area contributed by atoms with Gasteiger partial charge in [0.1, 0.15) is 81.6 Å². The number of likely N-dealkylation sites (tertiary alicyclic amines) is 2. The fourth-order valence-corrected chi connectivity index (χ4v) is 11.4. The second-order valence-electron chi connectivity index (χ2n) is 23.0. The number of ether oxygens (including phenoxy) is 4. The highest BCUT2D eigenvalue weighted by atomic mass is 16.5. The average molecular weight is 1320 g/mol. The Morgan fingerprint density at radius 1 is 0.566 bits per heavy atom. The minimum Gasteiger partial charge on any atom is -0.457 e. The molecule has 2 atom stereocenters. The topological polar surface area (TPSA) is 252 Å². The third-order valence-electron chi connectivity index (χ3n) is 16.2. The standard InChI is InChI=1S/C29H22N2O4.C25H24N6O2.C24H25N5O2/c1-2-28(32)31-19-20-7-6-8-21(17-20)27-18-25-29(35-27)26(15-16-30-25)34-24-13-11-23(12-14-24)33-22-9-4-3-5-10-22;1-2-23(32)30-14-6-7-19(16-30)31-25-22(15-28-31)24(26-17-27-25)29-18-10-12-21(13-11-18)33-20-8-4-3-5-9-20;1-2-21(30)29-14-6-7-18(15-29)28-24-22(23(25)26-16-27-24)17-10-12-20(13-11-17)31-19-8-4-3-5-9-19/h2-18H,1,19H2,(H,31,32);2-5,8-13,15,17,19H,1,6-7,14,16H2,(H,26,27,29);2-5,8-13,16,18H,1,6-7,14-15H2,(H3,25,26,27,28)/t;19-;18-/m.11/s1. The van der Waals surface area contributed by atoms with Crippen LogP contribution in [-0.2, 0) is 20.9 Å². The number of hydrogen-bond donors (Lipinski definition) is 4. The van der Waals surface area contributed by atoms with Gasteiger partial charge in [-0.1, -0.05) is 105 Å². The molecule has 99 heavy (non-hydrogen) atoms. The van der Waals surface area contributed by atoms with Gasteiger partial charge in [-0.2, -0.15) is 5.10 Å². The van der Waals surface area contributed by atoms with Crippen LogP contribution in [0.25, 0.3) is 44.6 Å². The zero-order valence-corrected chi connectivity index (χ0v) is 54.1. The molecule has 21 heteroatoms. The lowest BCUT2D eigenvalue weighted by molar-refractivity contribution is -0.128. The van der Waals surface area contributed by atoms with Crippen molar-refractivity contribution in [1.82, 2.24) is 49.8 Å². The molecule has 0 saturated carbocycles. The Bertz CT molecular complexity index is 4750. The number of pyridine rings is 1. The largest absolute Gasteiger partial charge is 0.457 e. The normalized spacial score (nSPS) is 14.0. The monoisotopic (exact) mass is 1320 g/mol. The second kappa shape index (κ2) is 32.0. The van der Waals surface area contributed by atoms with E-state index in [9.17, 15) is 14.4 Å². The maximum absolute atomic E-state index is 12.1. The summed E-state index contributed by atoms with van der Waals surface area (Å²) in [5.74, 6) is 7.81. The highest BCUT2D eigenvalue weighted by Crippen LogP contribution is 2.38. The van der Waals surface area contributed by atoms with Crippen molar-refractivity contribution in [1.29, 1.82) is 0 Å². The van der Waals surface area contributed by atoms with Gasteiger partial charge < -0.3 is 54.8 Å². The third-order valence-corrected chi connectivity index (χ3v) is 16.2. The van der Waals surface area contributed by atoms with Crippen molar-refractivity contribution in [3.63, 3.8) is 0 Å². The lowest BCUT2D eigenvalue weighted by atomic mass is 10.0. The van der Waals surface area contributed by atoms with Crippen molar-refractivity contribution in [3.05, 3.63) is 269 Å². The summed E-state index contributed by atoms with van der Waals surface area (Å²) in [7, 11) is 0. The molecule has 12 aromatic rings. The molecule has 2 fully saturated rings. The van der Waals surface area contributed by atoms with Crippen molar-refractivity contribution in [3.8, 4) is 68.4 Å². The number of benzene rings is 7. The van der Waals surface area contributed by atoms with Gasteiger partial charge in [0.2, 0.25) is 17.7 Å². The fourth-order valence-electron chi connectivity index (χ4n) is 11.4. The lowest BCUT2D eigenvalue weighted by Gasteiger charge is -2.33. The van der Waals surface area contributed by atoms with E-state index >= 15 is 0 Å². The first-order chi connectivity index (χ1) is 48.5. The summed E-state index contributed by atoms with van der Waals surface area (Å²) in [6.07, 6.45) is 14.1. The molecule has 7 aromatic carbocycles. The number of nitrogens with one attached hydrogen (secondary N) is 3. The van der Waals surface area contributed by atoms with E-state index in [1.807, 2.05) is 204 Å². The van der Waals surface area contributed by atoms with Gasteiger partial charge in [0.25, 0.3) is 0 Å². The number of hydrogen-bond acceptors (Lipinski definition) is 17. The first kappa shape index (κ1) is 66.1. The number of amides is 3. The van der Waals surface area contributed by atoms with Gasteiger partial charge in [0, 0.05) is 68.3 Å². The Morgan fingerprint density at radius 2 is 1.13 bits per heavy atom. The van der Waals surface area contributed by atoms with E-state index in [-0.39, 0.29) is 29.8 Å². The van der Waals surface area contributed by atoms with Gasteiger partial charge in [0.05, 0.1) is 23.2 Å². The average Bonchev–Trinajstić information content (AvgIpc) is 1.65. The van der Waals surface area contributed by atoms with Crippen LogP contribution in [0.4, 0.5) is 23.1 Å². The Kier molecular flexibility index (Phi) is 21.4. The molecule has 2 aliphatic heterocycles. The molecule has 2 saturated heterocycles. The van der Waals surface area contributed by atoms with Crippen LogP contribution in [0.15, 0.2) is 268 Å². The number of nitrogens with two attached hydrogens (primary N) is 1. The SMILES string of the molecule is C=CC(=O)N1CCC[C@@H](Nc2ncnc(N)c2-c2ccc(Oc3ccccc3)cc2)C1.C=CC(=O)N1CCC[C@@H](n2ncc3c(Nc4ccc(Oc5ccccc5)cc4)ncnc32)C1.C=CC(=O)NCc1cccc(-c2cc3nccc(Oc4ccc(Oc5ccccc5)cc4)c3o2)c1. The van der Waals surface area contributed by atoms with Gasteiger partial charge in [-0.05, 0) is 158 Å². The molecule has 0 aliphatic carbocycles. The summed E-state index contributed by atoms with van der Waals surface area (Å²) in [6.45, 7) is 13.7. The van der Waals surface area contributed by atoms with E-state index in [1.54, 1.807) is 23.4 Å². The summed E-state index contributed by atoms with van der Waals surface area (Å²) in [5.41, 5.74) is 12.5. The first-order valence-corrected chi connectivity index (χ1v) is 32.2. The maximum Gasteiger partial charge on any atom is 0.246 e. The minimum atomic E-state index is -0.218. The Hall–Kier alpha value is -12.9. The lowest BCUT2D eigenvalue weighted by Crippen LogP contribution is -2.44. The van der Waals surface area contributed by atoms with Crippen LogP contribution in [0.1, 0.15) is 37.3 Å². The summed E-state index contributed by atoms with van der Waals surface area (Å²) in [6, 6.07) is 63.2. The van der Waals surface area contributed by atoms with E-state index < -0.39 is 0 Å². The number of anilines is 4. The number of rotatable bonds is 20. The highest BCUT2D eigenvalue weighted by molar-refractivity contribution is 5.90. The van der Waals surface area contributed by atoms with E-state index in [4.69, 9.17) is 29.1 Å². The van der Waals surface area contributed by atoms with E-state index in [0.717, 1.165) is 106 Å². The van der Waals surface area contributed by atoms with Crippen LogP contribution < -0.4 is 40.6 Å². The number of carbonyl (C=O) groups is 3. The van der Waals surface area contributed by atoms with Gasteiger partial charge in [-0.25, -0.2) is 24.6 Å². The van der Waals surface area contributed by atoms with Crippen molar-refractivity contribution >= 4 is 63.0 Å². The van der Waals surface area contributed by atoms with Gasteiger partial charge in [-0.3, -0.25) is 19.4 Å². The number of fused-ring (bicyclic) bond motifs is 2. The zero-order chi connectivity index (χ0) is 68.3. The molecule has 5 N–H and O–H groups in total. The number of nitrogens with zero attached hydrogens (tertiary/aromatic N) is 9. The fraction of sp³-hybridized carbons (Fsp3) is 0.141. The molecule has 0 radical (unpaired) electrons. The number of nitrogen functional groups attached to an aromatic ring is 1. The van der Waals surface area contributed by atoms with E-state index in [2.05, 4.69) is 65.7 Å². The number of aromatic nitrogens is 7. The van der Waals surface area contributed by atoms with Crippen molar-refractivity contribution in [2.24, 2.45) is 0 Å². The maximum atomic E-state index is 12.1. The highest BCUT2D eigenvalue weighted by Gasteiger charge is 2.27. The predicted octanol–water partition coefficient (Wildman–Crippen LogP) is 15.7. The van der Waals surface area contributed by atoms with Crippen molar-refractivity contribution < 1.29 is 37.7 Å². The first-order valence-electron chi connectivity index (χ1n) is 32.2. The summed E-state index contributed by atoms with van der Waals surface area (Å²) < 4.78 is 31.7. The Morgan fingerprint density at radius 3 is 1.76 bits per heavy atom. The number of piperidine rings is 2. The van der Waals surface area contributed by atoms with Crippen LogP contribution in [0.3, 0.4) is 0 Å². The number of para-hydroxylation sites is 3. The summed E-state index contributed by atoms with van der Waals surface area (Å²) in [5, 5.41) is 15.0. The predicted molar refractivity (Wildman–Crippen MR) is 383 cm³/mol. The molecular weight excluding hydrogens is 1250 g/mol. The summed E-state index contributed by atoms with van der Waals surface area (Å²) in [4.78, 5) is 61.1. The quantitative estimate of drug-likeness (QED) is 0.0518. The Labute approximate surface area is 571 Å². The van der Waals surface area contributed by atoms with Crippen LogP contribution in [0, 0.1) is 0 Å². The van der Waals surface area contributed by atoms with Crippen LogP contribution in [0.2, 0.25) is 0 Å².